The van der Waals surface area contributed by atoms with Gasteiger partial charge in [0.15, 0.2) is 0 Å². The number of aryl methyl sites for hydroxylation is 1. The van der Waals surface area contributed by atoms with Crippen molar-refractivity contribution in [2.45, 2.75) is 11.8 Å². The van der Waals surface area contributed by atoms with E-state index in [4.69, 9.17) is 0 Å². The zero-order valence-corrected chi connectivity index (χ0v) is 6.28. The van der Waals surface area contributed by atoms with Crippen LogP contribution in [0.2, 0.25) is 0 Å². The van der Waals surface area contributed by atoms with Crippen LogP contribution in [0.5, 0.6) is 0 Å². The number of benzene rings is 1. The highest BCUT2D eigenvalue weighted by molar-refractivity contribution is 7.80. The van der Waals surface area contributed by atoms with E-state index in [2.05, 4.69) is 19.6 Å². The average Bonchev–Trinajstić information content (AvgIpc) is 1.80. The highest BCUT2D eigenvalue weighted by Gasteiger charge is 1.90. The highest BCUT2D eigenvalue weighted by atomic mass is 32.1. The van der Waals surface area contributed by atoms with E-state index < -0.39 is 0 Å². The first kappa shape index (κ1) is 6.69. The SMILES string of the molecule is [CH2]c1ccc(C)c(S)c1. The predicted molar refractivity (Wildman–Crippen MR) is 42.9 cm³/mol. The Morgan fingerprint density at radius 3 is 2.56 bits per heavy atom. The highest BCUT2D eigenvalue weighted by Crippen LogP contribution is 2.13. The van der Waals surface area contributed by atoms with E-state index in [0.717, 1.165) is 10.5 Å². The summed E-state index contributed by atoms with van der Waals surface area (Å²) in [7, 11) is 0. The summed E-state index contributed by atoms with van der Waals surface area (Å²) in [4.78, 5) is 1.02. The molecule has 0 bridgehead atoms. The van der Waals surface area contributed by atoms with Gasteiger partial charge in [0.1, 0.15) is 0 Å². The second-order valence-corrected chi connectivity index (χ2v) is 2.60. The van der Waals surface area contributed by atoms with Crippen molar-refractivity contribution in [3.8, 4) is 0 Å². The van der Waals surface area contributed by atoms with E-state index in [1.807, 2.05) is 25.1 Å². The van der Waals surface area contributed by atoms with Crippen LogP contribution in [-0.2, 0) is 0 Å². The quantitative estimate of drug-likeness (QED) is 0.522. The van der Waals surface area contributed by atoms with Gasteiger partial charge in [-0.25, -0.2) is 0 Å². The predicted octanol–water partition coefficient (Wildman–Crippen LogP) is 2.47. The molecular formula is C8H9S. The Hall–Kier alpha value is -0.430. The number of thiol groups is 1. The summed E-state index contributed by atoms with van der Waals surface area (Å²) in [5, 5.41) is 0. The molecule has 0 aliphatic rings. The fourth-order valence-corrected chi connectivity index (χ4v) is 0.895. The second-order valence-electron chi connectivity index (χ2n) is 2.12. The fourth-order valence-electron chi connectivity index (χ4n) is 0.655. The molecule has 0 nitrogen and oxygen atoms in total. The van der Waals surface area contributed by atoms with Gasteiger partial charge in [-0.2, -0.15) is 0 Å². The van der Waals surface area contributed by atoms with Crippen molar-refractivity contribution in [1.82, 2.24) is 0 Å². The Balaban J connectivity index is 3.17. The third-order valence-electron chi connectivity index (χ3n) is 1.27. The minimum absolute atomic E-state index is 1.02. The number of rotatable bonds is 0. The molecule has 0 amide bonds. The molecule has 9 heavy (non-hydrogen) atoms. The van der Waals surface area contributed by atoms with Gasteiger partial charge in [-0.3, -0.25) is 0 Å². The summed E-state index contributed by atoms with van der Waals surface area (Å²) < 4.78 is 0. The van der Waals surface area contributed by atoms with Crippen molar-refractivity contribution in [2.75, 3.05) is 0 Å². The molecule has 0 saturated heterocycles. The summed E-state index contributed by atoms with van der Waals surface area (Å²) in [6.45, 7) is 5.80. The number of hydrogen-bond donors (Lipinski definition) is 1. The van der Waals surface area contributed by atoms with Gasteiger partial charge < -0.3 is 0 Å². The second kappa shape index (κ2) is 2.44. The molecule has 0 aliphatic carbocycles. The average molecular weight is 137 g/mol. The molecule has 0 spiro atoms. The van der Waals surface area contributed by atoms with E-state index in [-0.39, 0.29) is 0 Å². The van der Waals surface area contributed by atoms with Gasteiger partial charge in [-0.15, -0.1) is 12.6 Å². The maximum absolute atomic E-state index is 4.23. The molecule has 1 radical (unpaired) electrons. The lowest BCUT2D eigenvalue weighted by Gasteiger charge is -1.97. The summed E-state index contributed by atoms with van der Waals surface area (Å²) in [6.07, 6.45) is 0. The van der Waals surface area contributed by atoms with Crippen molar-refractivity contribution in [3.05, 3.63) is 36.2 Å². The van der Waals surface area contributed by atoms with Crippen LogP contribution in [0.25, 0.3) is 0 Å². The van der Waals surface area contributed by atoms with Crippen LogP contribution < -0.4 is 0 Å². The van der Waals surface area contributed by atoms with E-state index >= 15 is 0 Å². The standard InChI is InChI=1S/C8H9S/c1-6-3-4-7(2)8(9)5-6/h3-5,9H,1H2,2H3. The molecule has 0 aromatic heterocycles. The van der Waals surface area contributed by atoms with Gasteiger partial charge >= 0.3 is 0 Å². The van der Waals surface area contributed by atoms with Crippen molar-refractivity contribution < 1.29 is 0 Å². The summed E-state index contributed by atoms with van der Waals surface area (Å²) in [6, 6.07) is 5.96. The molecule has 47 valence electrons. The van der Waals surface area contributed by atoms with Gasteiger partial charge in [-0.05, 0) is 31.0 Å². The minimum Gasteiger partial charge on any atom is -0.143 e. The normalized spacial score (nSPS) is 9.67. The fraction of sp³-hybridized carbons (Fsp3) is 0.125. The first-order valence-corrected chi connectivity index (χ1v) is 3.26. The van der Waals surface area contributed by atoms with Crippen LogP contribution in [0.4, 0.5) is 0 Å². The minimum atomic E-state index is 1.02. The Labute approximate surface area is 61.3 Å². The molecule has 0 aliphatic heterocycles. The zero-order chi connectivity index (χ0) is 6.85. The molecule has 0 atom stereocenters. The van der Waals surface area contributed by atoms with Gasteiger partial charge in [0.2, 0.25) is 0 Å². The molecule has 1 aromatic rings. The Morgan fingerprint density at radius 2 is 2.11 bits per heavy atom. The van der Waals surface area contributed by atoms with Gasteiger partial charge in [0, 0.05) is 4.90 Å². The van der Waals surface area contributed by atoms with E-state index in [1.165, 1.54) is 5.56 Å². The summed E-state index contributed by atoms with van der Waals surface area (Å²) in [5.74, 6) is 0. The summed E-state index contributed by atoms with van der Waals surface area (Å²) >= 11 is 4.23. The largest absolute Gasteiger partial charge is 0.143 e. The van der Waals surface area contributed by atoms with Gasteiger partial charge in [-0.1, -0.05) is 12.1 Å². The van der Waals surface area contributed by atoms with Crippen LogP contribution in [0.1, 0.15) is 11.1 Å². The third-order valence-corrected chi connectivity index (χ3v) is 1.76. The van der Waals surface area contributed by atoms with Crippen LogP contribution in [0.3, 0.4) is 0 Å². The molecule has 0 saturated carbocycles. The maximum Gasteiger partial charge on any atom is 0.00719 e. The first-order valence-electron chi connectivity index (χ1n) is 2.82. The Morgan fingerprint density at radius 1 is 1.44 bits per heavy atom. The Kier molecular flexibility index (Phi) is 1.81. The van der Waals surface area contributed by atoms with Crippen LogP contribution >= 0.6 is 12.6 Å². The van der Waals surface area contributed by atoms with E-state index in [0.29, 0.717) is 0 Å². The molecule has 0 fully saturated rings. The van der Waals surface area contributed by atoms with Crippen molar-refractivity contribution in [2.24, 2.45) is 0 Å². The topological polar surface area (TPSA) is 0 Å². The summed E-state index contributed by atoms with van der Waals surface area (Å²) in [5.41, 5.74) is 2.22. The van der Waals surface area contributed by atoms with E-state index in [9.17, 15) is 0 Å². The zero-order valence-electron chi connectivity index (χ0n) is 5.39. The lowest BCUT2D eigenvalue weighted by molar-refractivity contribution is 1.30. The van der Waals surface area contributed by atoms with Crippen LogP contribution in [-0.4, -0.2) is 0 Å². The molecule has 1 aromatic carbocycles. The van der Waals surface area contributed by atoms with E-state index in [1.54, 1.807) is 0 Å². The lowest BCUT2D eigenvalue weighted by atomic mass is 10.2. The van der Waals surface area contributed by atoms with Gasteiger partial charge in [0.05, 0.1) is 0 Å². The van der Waals surface area contributed by atoms with Gasteiger partial charge in [0.25, 0.3) is 0 Å². The molecule has 0 unspecified atom stereocenters. The van der Waals surface area contributed by atoms with Crippen molar-refractivity contribution in [1.29, 1.82) is 0 Å². The third kappa shape index (κ3) is 1.49. The lowest BCUT2D eigenvalue weighted by Crippen LogP contribution is -1.76. The monoisotopic (exact) mass is 137 g/mol. The molecule has 0 heterocycles. The maximum atomic E-state index is 4.23. The molecule has 1 rings (SSSR count). The van der Waals surface area contributed by atoms with Crippen LogP contribution in [0, 0.1) is 13.8 Å². The molecule has 1 heteroatoms. The Bertz CT molecular complexity index is 216. The van der Waals surface area contributed by atoms with Crippen LogP contribution in [0.15, 0.2) is 23.1 Å². The number of hydrogen-bond acceptors (Lipinski definition) is 1. The smallest absolute Gasteiger partial charge is 0.00719 e. The molecular weight excluding hydrogens is 128 g/mol. The van der Waals surface area contributed by atoms with Crippen molar-refractivity contribution >= 4 is 12.6 Å². The van der Waals surface area contributed by atoms with Crippen molar-refractivity contribution in [3.63, 3.8) is 0 Å². The molecule has 0 N–H and O–H groups in total. The first-order chi connectivity index (χ1) is 4.20.